The summed E-state index contributed by atoms with van der Waals surface area (Å²) in [5, 5.41) is 2.97. The fourth-order valence-corrected chi connectivity index (χ4v) is 3.10. The molecule has 21 heavy (non-hydrogen) atoms. The Hall–Kier alpha value is -0.260. The topological polar surface area (TPSA) is 41.6 Å². The van der Waals surface area contributed by atoms with Crippen LogP contribution >= 0.6 is 12.6 Å². The molecule has 0 aromatic rings. The summed E-state index contributed by atoms with van der Waals surface area (Å²) in [5.41, 5.74) is 0.0326. The molecular weight excluding hydrogens is 284 g/mol. The molecule has 1 rings (SSSR count). The van der Waals surface area contributed by atoms with Gasteiger partial charge in [-0.25, -0.2) is 0 Å². The standard InChI is InChI=1S/C16H32N2O2S/c1-12(2)17-16(19)11-18-8-7-15(10-13(18)3)6-5-9-20-14(4)21/h12-15,21H,5-11H2,1-4H3,(H,17,19). The molecule has 0 aliphatic carbocycles. The number of likely N-dealkylation sites (tertiary alicyclic amines) is 1. The predicted molar refractivity (Wildman–Crippen MR) is 90.7 cm³/mol. The Balaban J connectivity index is 2.22. The van der Waals surface area contributed by atoms with Crippen LogP contribution in [0.5, 0.6) is 0 Å². The number of carbonyl (C=O) groups is 1. The molecule has 0 aromatic carbocycles. The maximum absolute atomic E-state index is 11.8. The van der Waals surface area contributed by atoms with Crippen LogP contribution in [0.25, 0.3) is 0 Å². The Morgan fingerprint density at radius 2 is 2.14 bits per heavy atom. The fourth-order valence-electron chi connectivity index (χ4n) is 2.99. The van der Waals surface area contributed by atoms with Gasteiger partial charge in [-0.2, -0.15) is 0 Å². The van der Waals surface area contributed by atoms with Crippen LogP contribution in [-0.2, 0) is 9.53 Å². The molecule has 1 saturated heterocycles. The number of carbonyl (C=O) groups excluding carboxylic acids is 1. The summed E-state index contributed by atoms with van der Waals surface area (Å²) >= 11 is 4.21. The maximum Gasteiger partial charge on any atom is 0.234 e. The lowest BCUT2D eigenvalue weighted by Crippen LogP contribution is -2.47. The summed E-state index contributed by atoms with van der Waals surface area (Å²) in [4.78, 5) is 14.2. The number of amides is 1. The first-order valence-corrected chi connectivity index (χ1v) is 8.73. The Bertz CT molecular complexity index is 311. The molecule has 5 heteroatoms. The van der Waals surface area contributed by atoms with Crippen LogP contribution in [0.2, 0.25) is 0 Å². The summed E-state index contributed by atoms with van der Waals surface area (Å²) in [6.45, 7) is 10.6. The van der Waals surface area contributed by atoms with E-state index < -0.39 is 0 Å². The van der Waals surface area contributed by atoms with Crippen molar-refractivity contribution in [3.05, 3.63) is 0 Å². The largest absolute Gasteiger partial charge is 0.368 e. The average molecular weight is 317 g/mol. The molecule has 4 nitrogen and oxygen atoms in total. The van der Waals surface area contributed by atoms with Crippen LogP contribution in [-0.4, -0.2) is 48.0 Å². The predicted octanol–water partition coefficient (Wildman–Crippen LogP) is 2.68. The Morgan fingerprint density at radius 1 is 1.43 bits per heavy atom. The van der Waals surface area contributed by atoms with Gasteiger partial charge in [-0.1, -0.05) is 0 Å². The third kappa shape index (κ3) is 8.07. The molecule has 1 heterocycles. The minimum Gasteiger partial charge on any atom is -0.368 e. The number of ether oxygens (including phenoxy) is 1. The molecule has 1 aliphatic heterocycles. The summed E-state index contributed by atoms with van der Waals surface area (Å²) in [5.74, 6) is 0.912. The molecule has 0 aromatic heterocycles. The van der Waals surface area contributed by atoms with Crippen molar-refractivity contribution in [3.63, 3.8) is 0 Å². The van der Waals surface area contributed by atoms with Gasteiger partial charge in [0.05, 0.1) is 12.0 Å². The van der Waals surface area contributed by atoms with Crippen molar-refractivity contribution in [2.24, 2.45) is 5.92 Å². The van der Waals surface area contributed by atoms with Crippen LogP contribution in [0.15, 0.2) is 0 Å². The molecular formula is C16H32N2O2S. The first-order valence-electron chi connectivity index (χ1n) is 8.21. The number of thiol groups is 1. The van der Waals surface area contributed by atoms with Gasteiger partial charge in [-0.15, -0.1) is 12.6 Å². The Kier molecular flexibility index (Phi) is 8.67. The summed E-state index contributed by atoms with van der Waals surface area (Å²) in [7, 11) is 0. The van der Waals surface area contributed by atoms with Gasteiger partial charge >= 0.3 is 0 Å². The van der Waals surface area contributed by atoms with E-state index in [2.05, 4.69) is 29.8 Å². The lowest BCUT2D eigenvalue weighted by molar-refractivity contribution is -0.123. The van der Waals surface area contributed by atoms with Crippen molar-refractivity contribution in [3.8, 4) is 0 Å². The van der Waals surface area contributed by atoms with E-state index >= 15 is 0 Å². The third-order valence-corrected chi connectivity index (χ3v) is 4.18. The van der Waals surface area contributed by atoms with Crippen LogP contribution in [0.1, 0.15) is 53.4 Å². The third-order valence-electron chi connectivity index (χ3n) is 4.03. The summed E-state index contributed by atoms with van der Waals surface area (Å²) in [6.07, 6.45) is 4.70. The number of hydrogen-bond acceptors (Lipinski definition) is 4. The van der Waals surface area contributed by atoms with E-state index in [-0.39, 0.29) is 17.4 Å². The zero-order valence-electron chi connectivity index (χ0n) is 14.0. The van der Waals surface area contributed by atoms with Gasteiger partial charge in [0.25, 0.3) is 0 Å². The van der Waals surface area contributed by atoms with Gasteiger partial charge < -0.3 is 10.1 Å². The highest BCUT2D eigenvalue weighted by molar-refractivity contribution is 7.80. The van der Waals surface area contributed by atoms with Crippen LogP contribution in [0.3, 0.4) is 0 Å². The fraction of sp³-hybridized carbons (Fsp3) is 0.938. The minimum absolute atomic E-state index is 0.0326. The highest BCUT2D eigenvalue weighted by atomic mass is 32.1. The second kappa shape index (κ2) is 9.70. The van der Waals surface area contributed by atoms with Gasteiger partial charge in [-0.05, 0) is 65.8 Å². The molecule has 0 spiro atoms. The van der Waals surface area contributed by atoms with Gasteiger partial charge in [0, 0.05) is 18.7 Å². The maximum atomic E-state index is 11.8. The van der Waals surface area contributed by atoms with Gasteiger partial charge in [0.2, 0.25) is 5.91 Å². The first kappa shape index (κ1) is 18.8. The number of rotatable bonds is 8. The van der Waals surface area contributed by atoms with Crippen LogP contribution in [0, 0.1) is 5.92 Å². The average Bonchev–Trinajstić information content (AvgIpc) is 2.36. The van der Waals surface area contributed by atoms with Crippen molar-refractivity contribution in [1.29, 1.82) is 0 Å². The van der Waals surface area contributed by atoms with Gasteiger partial charge in [-0.3, -0.25) is 9.69 Å². The van der Waals surface area contributed by atoms with Crippen LogP contribution in [0.4, 0.5) is 0 Å². The lowest BCUT2D eigenvalue weighted by atomic mass is 9.88. The number of piperidine rings is 1. The molecule has 3 unspecified atom stereocenters. The molecule has 0 bridgehead atoms. The smallest absolute Gasteiger partial charge is 0.234 e. The van der Waals surface area contributed by atoms with E-state index in [9.17, 15) is 4.79 Å². The van der Waals surface area contributed by atoms with E-state index in [4.69, 9.17) is 4.74 Å². The number of hydrogen-bond donors (Lipinski definition) is 2. The van der Waals surface area contributed by atoms with Crippen molar-refractivity contribution < 1.29 is 9.53 Å². The van der Waals surface area contributed by atoms with Crippen molar-refractivity contribution in [2.45, 2.75) is 70.9 Å². The quantitative estimate of drug-likeness (QED) is 0.411. The second-order valence-electron chi connectivity index (χ2n) is 6.54. The number of nitrogens with zero attached hydrogens (tertiary/aromatic N) is 1. The lowest BCUT2D eigenvalue weighted by Gasteiger charge is -2.37. The Labute approximate surface area is 135 Å². The summed E-state index contributed by atoms with van der Waals surface area (Å²) < 4.78 is 5.47. The molecule has 1 amide bonds. The van der Waals surface area contributed by atoms with Crippen LogP contribution < -0.4 is 5.32 Å². The van der Waals surface area contributed by atoms with Gasteiger partial charge in [0.1, 0.15) is 0 Å². The van der Waals surface area contributed by atoms with E-state index in [1.165, 1.54) is 19.3 Å². The second-order valence-corrected chi connectivity index (χ2v) is 7.27. The zero-order chi connectivity index (χ0) is 15.8. The van der Waals surface area contributed by atoms with E-state index in [0.29, 0.717) is 12.6 Å². The van der Waals surface area contributed by atoms with Gasteiger partial charge in [0.15, 0.2) is 0 Å². The summed E-state index contributed by atoms with van der Waals surface area (Å²) in [6, 6.07) is 0.714. The first-order chi connectivity index (χ1) is 9.88. The van der Waals surface area contributed by atoms with Crippen molar-refractivity contribution in [1.82, 2.24) is 10.2 Å². The molecule has 0 radical (unpaired) electrons. The SMILES string of the molecule is CC(C)NC(=O)CN1CCC(CCCOC(C)S)CC1C. The minimum atomic E-state index is 0.0326. The molecule has 1 N–H and O–H groups in total. The zero-order valence-corrected chi connectivity index (χ0v) is 14.9. The molecule has 0 saturated carbocycles. The molecule has 1 fully saturated rings. The van der Waals surface area contributed by atoms with E-state index in [0.717, 1.165) is 25.5 Å². The Morgan fingerprint density at radius 3 is 2.71 bits per heavy atom. The highest BCUT2D eigenvalue weighted by Gasteiger charge is 2.26. The highest BCUT2D eigenvalue weighted by Crippen LogP contribution is 2.26. The number of nitrogens with one attached hydrogen (secondary N) is 1. The molecule has 124 valence electrons. The normalized spacial score (nSPS) is 25.0. The van der Waals surface area contributed by atoms with E-state index in [1.807, 2.05) is 20.8 Å². The monoisotopic (exact) mass is 316 g/mol. The molecule has 1 aliphatic rings. The van der Waals surface area contributed by atoms with E-state index in [1.54, 1.807) is 0 Å². The van der Waals surface area contributed by atoms with Crippen molar-refractivity contribution >= 4 is 18.5 Å². The molecule has 3 atom stereocenters. The van der Waals surface area contributed by atoms with Crippen molar-refractivity contribution in [2.75, 3.05) is 19.7 Å².